The number of ether oxygens (including phenoxy) is 1. The van der Waals surface area contributed by atoms with E-state index in [0.717, 1.165) is 11.3 Å². The van der Waals surface area contributed by atoms with Gasteiger partial charge in [-0.15, -0.1) is 0 Å². The van der Waals surface area contributed by atoms with Crippen LogP contribution in [0, 0.1) is 11.8 Å². The molecule has 0 spiro atoms. The largest absolute Gasteiger partial charge is 0.508 e. The van der Waals surface area contributed by atoms with Crippen molar-refractivity contribution in [3.8, 4) is 5.75 Å². The Kier molecular flexibility index (Phi) is 2.58. The van der Waals surface area contributed by atoms with E-state index in [1.54, 1.807) is 24.3 Å². The van der Waals surface area contributed by atoms with Gasteiger partial charge in [-0.05, 0) is 25.1 Å². The molecule has 1 saturated heterocycles. The van der Waals surface area contributed by atoms with E-state index in [4.69, 9.17) is 4.74 Å². The van der Waals surface area contributed by atoms with Crippen molar-refractivity contribution in [2.45, 2.75) is 12.6 Å². The molecule has 3 unspecified atom stereocenters. The van der Waals surface area contributed by atoms with Crippen molar-refractivity contribution in [2.24, 2.45) is 11.8 Å². The Hall–Kier alpha value is -2.79. The van der Waals surface area contributed by atoms with Crippen LogP contribution in [0.3, 0.4) is 0 Å². The monoisotopic (exact) mass is 335 g/mol. The Labute approximate surface area is 144 Å². The minimum Gasteiger partial charge on any atom is -0.508 e. The van der Waals surface area contributed by atoms with Crippen molar-refractivity contribution in [1.82, 2.24) is 4.90 Å². The lowest BCUT2D eigenvalue weighted by molar-refractivity contribution is -0.0221. The van der Waals surface area contributed by atoms with Gasteiger partial charge in [-0.25, -0.2) is 0 Å². The fourth-order valence-corrected chi connectivity index (χ4v) is 4.69. The van der Waals surface area contributed by atoms with Crippen LogP contribution < -0.4 is 4.74 Å². The first-order valence-electron chi connectivity index (χ1n) is 8.24. The van der Waals surface area contributed by atoms with Crippen molar-refractivity contribution in [1.29, 1.82) is 0 Å². The molecule has 5 nitrogen and oxygen atoms in total. The van der Waals surface area contributed by atoms with Crippen LogP contribution in [-0.2, 0) is 5.72 Å². The summed E-state index contributed by atoms with van der Waals surface area (Å²) in [5.41, 5.74) is 1.35. The number of fused-ring (bicyclic) bond motifs is 5. The Balaban J connectivity index is 1.87. The van der Waals surface area contributed by atoms with E-state index >= 15 is 0 Å². The number of carbonyl (C=O) groups excluding carboxylic acids is 1. The fourth-order valence-electron chi connectivity index (χ4n) is 4.69. The van der Waals surface area contributed by atoms with Gasteiger partial charge in [-0.2, -0.15) is 0 Å². The third-order valence-electron chi connectivity index (χ3n) is 5.59. The predicted octanol–water partition coefficient (Wildman–Crippen LogP) is 2.77. The first kappa shape index (κ1) is 14.5. The van der Waals surface area contributed by atoms with Crippen molar-refractivity contribution >= 4 is 5.91 Å². The quantitative estimate of drug-likeness (QED) is 0.828. The molecule has 2 N–H and O–H groups in total. The molecule has 25 heavy (non-hydrogen) atoms. The van der Waals surface area contributed by atoms with E-state index in [2.05, 4.69) is 6.08 Å². The van der Waals surface area contributed by atoms with E-state index in [9.17, 15) is 15.0 Å². The van der Waals surface area contributed by atoms with Gasteiger partial charge in [0.05, 0.1) is 12.7 Å². The van der Waals surface area contributed by atoms with Gasteiger partial charge in [0.2, 0.25) is 0 Å². The molecule has 1 fully saturated rings. The number of allylic oxidation sites excluding steroid dienone is 6. The van der Waals surface area contributed by atoms with Crippen molar-refractivity contribution in [3.05, 3.63) is 76.2 Å². The highest BCUT2D eigenvalue weighted by Crippen LogP contribution is 2.61. The zero-order valence-corrected chi connectivity index (χ0v) is 13.9. The fraction of sp³-hybridized carbons (Fsp3) is 0.250. The van der Waals surface area contributed by atoms with Crippen LogP contribution >= 0.6 is 0 Å². The van der Waals surface area contributed by atoms with Gasteiger partial charge in [0.1, 0.15) is 11.5 Å². The number of benzene rings is 1. The number of aliphatic hydroxyl groups is 2. The topological polar surface area (TPSA) is 70.0 Å². The number of aliphatic hydroxyl groups excluding tert-OH is 1. The normalized spacial score (nSPS) is 31.5. The van der Waals surface area contributed by atoms with Crippen molar-refractivity contribution in [2.75, 3.05) is 7.11 Å². The second-order valence-corrected chi connectivity index (χ2v) is 6.89. The predicted molar refractivity (Wildman–Crippen MR) is 90.7 cm³/mol. The summed E-state index contributed by atoms with van der Waals surface area (Å²) in [6.45, 7) is 1.97. The number of nitrogens with zero attached hydrogens (tertiary/aromatic N) is 1. The van der Waals surface area contributed by atoms with Crippen LogP contribution in [0.15, 0.2) is 65.1 Å². The van der Waals surface area contributed by atoms with Gasteiger partial charge < -0.3 is 14.9 Å². The lowest BCUT2D eigenvalue weighted by atomic mass is 9.74. The SMILES string of the molecule is COc1cccc2c1C(=O)N1C3=CC(C)=CC4C=CC(O)=C(C34)C21O. The number of hydrogen-bond acceptors (Lipinski definition) is 4. The zero-order chi connectivity index (χ0) is 17.5. The molecule has 0 saturated carbocycles. The van der Waals surface area contributed by atoms with E-state index in [1.807, 2.05) is 19.1 Å². The van der Waals surface area contributed by atoms with Crippen LogP contribution in [0.5, 0.6) is 5.75 Å². The standard InChI is InChI=1S/C20H17NO4/c1-10-8-11-6-7-14(22)18-16(11)13(9-10)21-19(23)17-12(20(18,21)24)4-3-5-15(17)25-2/h3-9,11,16,22,24H,1-2H3. The highest BCUT2D eigenvalue weighted by Gasteiger charge is 2.64. The van der Waals surface area contributed by atoms with Crippen LogP contribution in [0.1, 0.15) is 22.8 Å². The summed E-state index contributed by atoms with van der Waals surface area (Å²) in [4.78, 5) is 14.6. The lowest BCUT2D eigenvalue weighted by Crippen LogP contribution is -2.38. The second kappa shape index (κ2) is 4.43. The third-order valence-corrected chi connectivity index (χ3v) is 5.59. The van der Waals surface area contributed by atoms with Gasteiger partial charge >= 0.3 is 0 Å². The minimum atomic E-state index is -1.68. The average Bonchev–Trinajstić information content (AvgIpc) is 2.99. The molecular weight excluding hydrogens is 318 g/mol. The number of amides is 1. The van der Waals surface area contributed by atoms with E-state index in [-0.39, 0.29) is 23.5 Å². The molecule has 1 amide bonds. The molecule has 2 heterocycles. The molecule has 2 aliphatic heterocycles. The summed E-state index contributed by atoms with van der Waals surface area (Å²) >= 11 is 0. The van der Waals surface area contributed by atoms with E-state index in [0.29, 0.717) is 22.4 Å². The molecule has 5 heteroatoms. The highest BCUT2D eigenvalue weighted by molar-refractivity contribution is 6.05. The maximum atomic E-state index is 13.2. The maximum absolute atomic E-state index is 13.2. The second-order valence-electron chi connectivity index (χ2n) is 6.89. The summed E-state index contributed by atoms with van der Waals surface area (Å²) in [6.07, 6.45) is 7.55. The molecule has 4 aliphatic rings. The number of rotatable bonds is 1. The van der Waals surface area contributed by atoms with Crippen LogP contribution in [0.25, 0.3) is 0 Å². The molecule has 1 aromatic carbocycles. The summed E-state index contributed by atoms with van der Waals surface area (Å²) in [6, 6.07) is 5.18. The van der Waals surface area contributed by atoms with Gasteiger partial charge in [-0.1, -0.05) is 29.9 Å². The van der Waals surface area contributed by atoms with Gasteiger partial charge in [-0.3, -0.25) is 9.69 Å². The molecular formula is C20H17NO4. The summed E-state index contributed by atoms with van der Waals surface area (Å²) < 4.78 is 5.34. The first-order valence-corrected chi connectivity index (χ1v) is 8.24. The van der Waals surface area contributed by atoms with Crippen LogP contribution in [0.4, 0.5) is 0 Å². The molecule has 0 bridgehead atoms. The summed E-state index contributed by atoms with van der Waals surface area (Å²) in [5.74, 6) is -0.0733. The summed E-state index contributed by atoms with van der Waals surface area (Å²) in [7, 11) is 1.50. The smallest absolute Gasteiger partial charge is 0.265 e. The summed E-state index contributed by atoms with van der Waals surface area (Å²) in [5, 5.41) is 22.3. The van der Waals surface area contributed by atoms with Crippen molar-refractivity contribution in [3.63, 3.8) is 0 Å². The molecule has 2 aliphatic carbocycles. The Morgan fingerprint density at radius 3 is 2.88 bits per heavy atom. The highest BCUT2D eigenvalue weighted by atomic mass is 16.5. The lowest BCUT2D eigenvalue weighted by Gasteiger charge is -2.30. The van der Waals surface area contributed by atoms with Crippen LogP contribution in [-0.4, -0.2) is 28.1 Å². The number of hydrogen-bond donors (Lipinski definition) is 2. The molecule has 0 aromatic heterocycles. The van der Waals surface area contributed by atoms with E-state index in [1.165, 1.54) is 12.0 Å². The maximum Gasteiger partial charge on any atom is 0.265 e. The molecule has 1 aromatic rings. The van der Waals surface area contributed by atoms with Gasteiger partial charge in [0.15, 0.2) is 5.72 Å². The molecule has 126 valence electrons. The van der Waals surface area contributed by atoms with Gasteiger partial charge in [0.25, 0.3) is 5.91 Å². The molecule has 5 rings (SSSR count). The minimum absolute atomic E-state index is 0.0161. The van der Waals surface area contributed by atoms with Gasteiger partial charge in [0, 0.05) is 28.7 Å². The first-order chi connectivity index (χ1) is 12.0. The van der Waals surface area contributed by atoms with Crippen molar-refractivity contribution < 1.29 is 19.7 Å². The number of carbonyl (C=O) groups is 1. The molecule has 0 radical (unpaired) electrons. The Morgan fingerprint density at radius 2 is 2.12 bits per heavy atom. The Morgan fingerprint density at radius 1 is 1.32 bits per heavy atom. The van der Waals surface area contributed by atoms with E-state index < -0.39 is 5.72 Å². The molecule has 3 atom stereocenters. The Bertz CT molecular complexity index is 968. The number of methoxy groups -OCH3 is 1. The zero-order valence-electron chi connectivity index (χ0n) is 13.9. The third kappa shape index (κ3) is 1.50. The van der Waals surface area contributed by atoms with Crippen LogP contribution in [0.2, 0.25) is 0 Å². The average molecular weight is 335 g/mol.